The fourth-order valence-electron chi connectivity index (χ4n) is 2.78. The number of carbonyl (C=O) groups excluding carboxylic acids is 1. The molecule has 27 heavy (non-hydrogen) atoms. The third kappa shape index (κ3) is 3.59. The molecule has 0 fully saturated rings. The summed E-state index contributed by atoms with van der Waals surface area (Å²) < 4.78 is 6.66. The average molecular weight is 367 g/mol. The van der Waals surface area contributed by atoms with Crippen molar-refractivity contribution in [2.75, 3.05) is 12.4 Å². The Balaban J connectivity index is 2.01. The summed E-state index contributed by atoms with van der Waals surface area (Å²) in [5.41, 5.74) is 2.09. The number of carbonyl (C=O) groups is 1. The van der Waals surface area contributed by atoms with Crippen LogP contribution in [0.3, 0.4) is 0 Å². The van der Waals surface area contributed by atoms with Crippen molar-refractivity contribution in [3.8, 4) is 11.7 Å². The Bertz CT molecular complexity index is 1050. The molecule has 0 unspecified atom stereocenters. The van der Waals surface area contributed by atoms with Crippen molar-refractivity contribution in [3.63, 3.8) is 0 Å². The summed E-state index contributed by atoms with van der Waals surface area (Å²) in [5, 5.41) is 7.17. The van der Waals surface area contributed by atoms with Gasteiger partial charge in [-0.15, -0.1) is 0 Å². The van der Waals surface area contributed by atoms with Crippen LogP contribution >= 0.6 is 0 Å². The second-order valence-corrected chi connectivity index (χ2v) is 6.05. The number of para-hydroxylation sites is 1. The lowest BCUT2D eigenvalue weighted by Crippen LogP contribution is -2.21. The Morgan fingerprint density at radius 2 is 2.04 bits per heavy atom. The van der Waals surface area contributed by atoms with E-state index in [0.29, 0.717) is 40.5 Å². The van der Waals surface area contributed by atoms with Gasteiger partial charge in [0.1, 0.15) is 11.6 Å². The van der Waals surface area contributed by atoms with Crippen molar-refractivity contribution in [2.24, 2.45) is 0 Å². The van der Waals surface area contributed by atoms with E-state index in [2.05, 4.69) is 20.4 Å². The van der Waals surface area contributed by atoms with Crippen LogP contribution in [0.25, 0.3) is 5.95 Å². The number of aryl methyl sites for hydroxylation is 2. The summed E-state index contributed by atoms with van der Waals surface area (Å²) in [7, 11) is 1.51. The third-order valence-electron chi connectivity index (χ3n) is 4.20. The van der Waals surface area contributed by atoms with Crippen molar-refractivity contribution in [1.82, 2.24) is 19.7 Å². The van der Waals surface area contributed by atoms with Gasteiger partial charge in [0, 0.05) is 11.6 Å². The summed E-state index contributed by atoms with van der Waals surface area (Å²) in [5.74, 6) is 0.773. The van der Waals surface area contributed by atoms with Gasteiger partial charge in [0.05, 0.1) is 24.1 Å². The van der Waals surface area contributed by atoms with E-state index in [0.717, 1.165) is 0 Å². The number of ether oxygens (including phenoxy) is 1. The molecule has 2 N–H and O–H groups in total. The number of amides is 1. The Labute approximate surface area is 156 Å². The maximum atomic E-state index is 12.7. The van der Waals surface area contributed by atoms with Gasteiger partial charge in [0.15, 0.2) is 0 Å². The number of aromatic nitrogens is 4. The zero-order chi connectivity index (χ0) is 19.6. The number of nitrogens with one attached hydrogen (secondary N) is 2. The summed E-state index contributed by atoms with van der Waals surface area (Å²) in [6.45, 7) is 5.45. The van der Waals surface area contributed by atoms with Gasteiger partial charge in [-0.05, 0) is 32.4 Å². The largest absolute Gasteiger partial charge is 0.496 e. The number of benzene rings is 1. The SMILES string of the molecule is CCc1nc(-n2nc(C)cc2NC(=O)c2ccccc2OC)[nH]c(=O)c1C. The van der Waals surface area contributed by atoms with E-state index >= 15 is 0 Å². The molecule has 140 valence electrons. The molecule has 1 aromatic carbocycles. The van der Waals surface area contributed by atoms with E-state index in [4.69, 9.17) is 4.74 Å². The highest BCUT2D eigenvalue weighted by Crippen LogP contribution is 2.20. The smallest absolute Gasteiger partial charge is 0.260 e. The predicted octanol–water partition coefficient (Wildman–Crippen LogP) is 2.40. The fraction of sp³-hybridized carbons (Fsp3) is 0.263. The van der Waals surface area contributed by atoms with E-state index in [-0.39, 0.29) is 17.4 Å². The molecule has 0 bridgehead atoms. The van der Waals surface area contributed by atoms with Gasteiger partial charge in [-0.1, -0.05) is 19.1 Å². The van der Waals surface area contributed by atoms with Crippen LogP contribution in [-0.2, 0) is 6.42 Å². The lowest BCUT2D eigenvalue weighted by atomic mass is 10.2. The highest BCUT2D eigenvalue weighted by Gasteiger charge is 2.17. The number of aromatic amines is 1. The number of anilines is 1. The zero-order valence-corrected chi connectivity index (χ0v) is 15.7. The first kappa shape index (κ1) is 18.4. The fourth-order valence-corrected chi connectivity index (χ4v) is 2.78. The maximum Gasteiger partial charge on any atom is 0.260 e. The molecule has 3 rings (SSSR count). The molecule has 8 nitrogen and oxygen atoms in total. The molecule has 0 saturated heterocycles. The second kappa shape index (κ2) is 7.45. The Morgan fingerprint density at radius 3 is 2.74 bits per heavy atom. The highest BCUT2D eigenvalue weighted by atomic mass is 16.5. The molecular formula is C19H21N5O3. The van der Waals surface area contributed by atoms with Gasteiger partial charge in [0.25, 0.3) is 11.5 Å². The molecule has 2 aromatic heterocycles. The monoisotopic (exact) mass is 367 g/mol. The van der Waals surface area contributed by atoms with Crippen LogP contribution in [0.2, 0.25) is 0 Å². The standard InChI is InChI=1S/C19H21N5O3/c1-5-14-12(3)17(25)22-19(20-14)24-16(10-11(2)23-24)21-18(26)13-8-6-7-9-15(13)27-4/h6-10H,5H2,1-4H3,(H,21,26)(H,20,22,25). The molecule has 0 radical (unpaired) electrons. The van der Waals surface area contributed by atoms with E-state index in [1.165, 1.54) is 11.8 Å². The number of hydrogen-bond acceptors (Lipinski definition) is 5. The summed E-state index contributed by atoms with van der Waals surface area (Å²) in [4.78, 5) is 32.1. The quantitative estimate of drug-likeness (QED) is 0.721. The number of rotatable bonds is 5. The van der Waals surface area contributed by atoms with Gasteiger partial charge >= 0.3 is 0 Å². The molecule has 0 spiro atoms. The van der Waals surface area contributed by atoms with E-state index in [1.807, 2.05) is 6.92 Å². The minimum Gasteiger partial charge on any atom is -0.496 e. The van der Waals surface area contributed by atoms with Gasteiger partial charge in [0.2, 0.25) is 5.95 Å². The van der Waals surface area contributed by atoms with Crippen LogP contribution in [0.5, 0.6) is 5.75 Å². The van der Waals surface area contributed by atoms with E-state index in [9.17, 15) is 9.59 Å². The average Bonchev–Trinajstić information content (AvgIpc) is 3.03. The summed E-state index contributed by atoms with van der Waals surface area (Å²) >= 11 is 0. The molecule has 0 aliphatic heterocycles. The first-order chi connectivity index (χ1) is 12.9. The molecular weight excluding hydrogens is 346 g/mol. The van der Waals surface area contributed by atoms with Crippen LogP contribution in [0.15, 0.2) is 35.1 Å². The van der Waals surface area contributed by atoms with Gasteiger partial charge in [-0.25, -0.2) is 4.98 Å². The van der Waals surface area contributed by atoms with Crippen LogP contribution in [0.1, 0.15) is 34.2 Å². The molecule has 2 heterocycles. The zero-order valence-electron chi connectivity index (χ0n) is 15.7. The van der Waals surface area contributed by atoms with Gasteiger partial charge in [-0.2, -0.15) is 9.78 Å². The van der Waals surface area contributed by atoms with Crippen LogP contribution < -0.4 is 15.6 Å². The number of H-pyrrole nitrogens is 1. The van der Waals surface area contributed by atoms with Crippen molar-refractivity contribution in [3.05, 3.63) is 63.2 Å². The molecule has 3 aromatic rings. The lowest BCUT2D eigenvalue weighted by Gasteiger charge is -2.11. The third-order valence-corrected chi connectivity index (χ3v) is 4.20. The first-order valence-corrected chi connectivity index (χ1v) is 8.55. The lowest BCUT2D eigenvalue weighted by molar-refractivity contribution is 0.102. The summed E-state index contributed by atoms with van der Waals surface area (Å²) in [6.07, 6.45) is 0.617. The normalized spacial score (nSPS) is 10.7. The molecule has 0 saturated carbocycles. The Morgan fingerprint density at radius 1 is 1.30 bits per heavy atom. The molecule has 8 heteroatoms. The first-order valence-electron chi connectivity index (χ1n) is 8.55. The van der Waals surface area contributed by atoms with E-state index < -0.39 is 0 Å². The van der Waals surface area contributed by atoms with Crippen molar-refractivity contribution < 1.29 is 9.53 Å². The minimum atomic E-state index is -0.348. The number of methoxy groups -OCH3 is 1. The van der Waals surface area contributed by atoms with Crippen LogP contribution in [0, 0.1) is 13.8 Å². The highest BCUT2D eigenvalue weighted by molar-refractivity contribution is 6.05. The van der Waals surface area contributed by atoms with Crippen molar-refractivity contribution in [1.29, 1.82) is 0 Å². The number of nitrogens with zero attached hydrogens (tertiary/aromatic N) is 3. The van der Waals surface area contributed by atoms with E-state index in [1.54, 1.807) is 44.2 Å². The molecule has 1 amide bonds. The molecule has 0 aliphatic rings. The Kier molecular flexibility index (Phi) is 5.07. The van der Waals surface area contributed by atoms with Gasteiger partial charge < -0.3 is 10.1 Å². The number of hydrogen-bond donors (Lipinski definition) is 2. The molecule has 0 atom stereocenters. The predicted molar refractivity (Wildman–Crippen MR) is 102 cm³/mol. The maximum absolute atomic E-state index is 12.7. The van der Waals surface area contributed by atoms with Crippen molar-refractivity contribution >= 4 is 11.7 Å². The molecule has 0 aliphatic carbocycles. The second-order valence-electron chi connectivity index (χ2n) is 6.05. The minimum absolute atomic E-state index is 0.230. The van der Waals surface area contributed by atoms with Crippen molar-refractivity contribution in [2.45, 2.75) is 27.2 Å². The Hall–Kier alpha value is -3.42. The van der Waals surface area contributed by atoms with Crippen LogP contribution in [0.4, 0.5) is 5.82 Å². The van der Waals surface area contributed by atoms with Gasteiger partial charge in [-0.3, -0.25) is 14.6 Å². The topological polar surface area (TPSA) is 102 Å². The van der Waals surface area contributed by atoms with Crippen LogP contribution in [-0.4, -0.2) is 32.8 Å². The summed E-state index contributed by atoms with van der Waals surface area (Å²) in [6, 6.07) is 8.63.